The second-order valence-corrected chi connectivity index (χ2v) is 6.72. The normalized spacial score (nSPS) is 15.1. The van der Waals surface area contributed by atoms with E-state index in [1.54, 1.807) is 0 Å². The van der Waals surface area contributed by atoms with E-state index >= 15 is 0 Å². The fourth-order valence-electron chi connectivity index (χ4n) is 3.36. The van der Waals surface area contributed by atoms with Gasteiger partial charge in [-0.1, -0.05) is 32.0 Å². The Morgan fingerprint density at radius 3 is 2.23 bits per heavy atom. The van der Waals surface area contributed by atoms with Crippen LogP contribution in [0.1, 0.15) is 39.5 Å². The summed E-state index contributed by atoms with van der Waals surface area (Å²) in [6.07, 6.45) is 3.05. The summed E-state index contributed by atoms with van der Waals surface area (Å²) in [5.41, 5.74) is 6.22. The van der Waals surface area contributed by atoms with Gasteiger partial charge in [-0.25, -0.2) is 4.79 Å². The number of carbonyl (C=O) groups excluding carboxylic acids is 2. The monoisotopic (exact) mass is 382 g/mol. The number of nitrogens with one attached hydrogen (secondary N) is 2. The molecule has 0 saturated carbocycles. The molecule has 1 fully saturated rings. The number of para-hydroxylation sites is 1. The lowest BCUT2D eigenvalue weighted by Crippen LogP contribution is -2.53. The van der Waals surface area contributed by atoms with Crippen molar-refractivity contribution < 1.29 is 9.59 Å². The molecule has 0 bridgehead atoms. The van der Waals surface area contributed by atoms with Crippen LogP contribution in [0.15, 0.2) is 30.3 Å². The van der Waals surface area contributed by atoms with E-state index in [1.807, 2.05) is 49.1 Å². The summed E-state index contributed by atoms with van der Waals surface area (Å²) < 4.78 is 0. The molecule has 1 aromatic carbocycles. The lowest BCUT2D eigenvalue weighted by molar-refractivity contribution is -0.143. The van der Waals surface area contributed by atoms with Gasteiger partial charge in [0.25, 0.3) is 0 Å². The predicted molar refractivity (Wildman–Crippen MR) is 108 cm³/mol. The van der Waals surface area contributed by atoms with Gasteiger partial charge in [-0.05, 0) is 37.8 Å². The molecule has 1 aliphatic heterocycles. The van der Waals surface area contributed by atoms with Crippen LogP contribution >= 0.6 is 12.4 Å². The fourth-order valence-corrected chi connectivity index (χ4v) is 3.36. The third-order valence-electron chi connectivity index (χ3n) is 5.35. The first-order valence-corrected chi connectivity index (χ1v) is 9.16. The highest BCUT2D eigenvalue weighted by Gasteiger charge is 2.38. The highest BCUT2D eigenvalue weighted by Crippen LogP contribution is 2.29. The molecule has 1 saturated heterocycles. The van der Waals surface area contributed by atoms with Gasteiger partial charge in [0.15, 0.2) is 0 Å². The van der Waals surface area contributed by atoms with Gasteiger partial charge < -0.3 is 21.3 Å². The van der Waals surface area contributed by atoms with Gasteiger partial charge in [0.1, 0.15) is 0 Å². The lowest BCUT2D eigenvalue weighted by atomic mass is 9.80. The van der Waals surface area contributed by atoms with Gasteiger partial charge in [0, 0.05) is 31.4 Å². The van der Waals surface area contributed by atoms with Crippen LogP contribution in [0.25, 0.3) is 0 Å². The average molecular weight is 383 g/mol. The van der Waals surface area contributed by atoms with Crippen molar-refractivity contribution in [2.24, 2.45) is 11.1 Å². The van der Waals surface area contributed by atoms with E-state index in [1.165, 1.54) is 0 Å². The Morgan fingerprint density at radius 1 is 1.15 bits per heavy atom. The molecule has 26 heavy (non-hydrogen) atoms. The fraction of sp³-hybridized carbons (Fsp3) is 0.579. The lowest BCUT2D eigenvalue weighted by Gasteiger charge is -2.39. The van der Waals surface area contributed by atoms with E-state index < -0.39 is 5.41 Å². The third-order valence-corrected chi connectivity index (χ3v) is 5.35. The molecule has 0 aliphatic carbocycles. The Labute approximate surface area is 162 Å². The summed E-state index contributed by atoms with van der Waals surface area (Å²) in [4.78, 5) is 26.8. The number of hydrogen-bond donors (Lipinski definition) is 3. The van der Waals surface area contributed by atoms with Gasteiger partial charge in [-0.2, -0.15) is 0 Å². The Hall–Kier alpha value is -1.79. The van der Waals surface area contributed by atoms with Gasteiger partial charge in [-0.3, -0.25) is 4.79 Å². The maximum Gasteiger partial charge on any atom is 0.319 e. The number of benzene rings is 1. The molecule has 4 N–H and O–H groups in total. The molecule has 3 amide bonds. The average Bonchev–Trinajstić information content (AvgIpc) is 2.65. The van der Waals surface area contributed by atoms with Crippen molar-refractivity contribution in [2.45, 2.75) is 45.6 Å². The van der Waals surface area contributed by atoms with Gasteiger partial charge in [0.05, 0.1) is 5.41 Å². The maximum atomic E-state index is 12.8. The van der Waals surface area contributed by atoms with Gasteiger partial charge >= 0.3 is 6.03 Å². The number of anilines is 1. The van der Waals surface area contributed by atoms with Crippen molar-refractivity contribution in [3.05, 3.63) is 30.3 Å². The Balaban J connectivity index is 0.00000338. The highest BCUT2D eigenvalue weighted by molar-refractivity contribution is 5.89. The molecule has 0 aromatic heterocycles. The summed E-state index contributed by atoms with van der Waals surface area (Å²) in [5.74, 6) is 0.159. The van der Waals surface area contributed by atoms with Crippen LogP contribution in [0.2, 0.25) is 0 Å². The number of rotatable bonds is 6. The van der Waals surface area contributed by atoms with E-state index in [0.29, 0.717) is 19.6 Å². The molecule has 146 valence electrons. The second-order valence-electron chi connectivity index (χ2n) is 6.72. The zero-order valence-electron chi connectivity index (χ0n) is 15.7. The number of urea groups is 1. The summed E-state index contributed by atoms with van der Waals surface area (Å²) >= 11 is 0. The van der Waals surface area contributed by atoms with Crippen molar-refractivity contribution >= 4 is 30.0 Å². The van der Waals surface area contributed by atoms with Crippen LogP contribution in [-0.2, 0) is 4.79 Å². The summed E-state index contributed by atoms with van der Waals surface area (Å²) in [6, 6.07) is 9.25. The third kappa shape index (κ3) is 5.35. The zero-order valence-corrected chi connectivity index (χ0v) is 16.5. The second kappa shape index (κ2) is 10.4. The quantitative estimate of drug-likeness (QED) is 0.706. The predicted octanol–water partition coefficient (Wildman–Crippen LogP) is 2.99. The van der Waals surface area contributed by atoms with E-state index in [2.05, 4.69) is 10.6 Å². The molecule has 1 heterocycles. The Morgan fingerprint density at radius 2 is 1.73 bits per heavy atom. The first kappa shape index (κ1) is 22.3. The molecular formula is C19H31ClN4O2. The number of piperidine rings is 1. The van der Waals surface area contributed by atoms with Crippen LogP contribution in [-0.4, -0.2) is 42.5 Å². The van der Waals surface area contributed by atoms with E-state index in [9.17, 15) is 9.59 Å². The molecule has 1 aliphatic rings. The van der Waals surface area contributed by atoms with Crippen molar-refractivity contribution in [1.82, 2.24) is 10.2 Å². The molecule has 0 unspecified atom stereocenters. The largest absolute Gasteiger partial charge is 0.342 e. The maximum absolute atomic E-state index is 12.8. The van der Waals surface area contributed by atoms with Crippen LogP contribution in [0.3, 0.4) is 0 Å². The van der Waals surface area contributed by atoms with E-state index in [4.69, 9.17) is 5.73 Å². The van der Waals surface area contributed by atoms with Crippen molar-refractivity contribution in [3.63, 3.8) is 0 Å². The number of likely N-dealkylation sites (tertiary alicyclic amines) is 1. The zero-order chi connectivity index (χ0) is 18.3. The van der Waals surface area contributed by atoms with E-state index in [-0.39, 0.29) is 30.4 Å². The smallest absolute Gasteiger partial charge is 0.319 e. The van der Waals surface area contributed by atoms with Crippen molar-refractivity contribution in [3.8, 4) is 0 Å². The molecule has 0 radical (unpaired) electrons. The van der Waals surface area contributed by atoms with E-state index in [0.717, 1.165) is 31.4 Å². The SMILES string of the molecule is CCC(CC)(CN)C(=O)N1CCC(NC(=O)Nc2ccccc2)CC1.Cl. The summed E-state index contributed by atoms with van der Waals surface area (Å²) in [7, 11) is 0. The van der Waals surface area contributed by atoms with Crippen LogP contribution in [0.4, 0.5) is 10.5 Å². The van der Waals surface area contributed by atoms with Crippen LogP contribution in [0.5, 0.6) is 0 Å². The number of amides is 3. The number of carbonyl (C=O) groups is 2. The number of halogens is 1. The standard InChI is InChI=1S/C19H30N4O2.ClH/c1-3-19(4-2,14-20)17(24)23-12-10-16(11-13-23)22-18(25)21-15-8-6-5-7-9-15;/h5-9,16H,3-4,10-14,20H2,1-2H3,(H2,21,22,25);1H. The molecule has 0 atom stereocenters. The number of hydrogen-bond acceptors (Lipinski definition) is 3. The topological polar surface area (TPSA) is 87.5 Å². The minimum absolute atomic E-state index is 0. The minimum Gasteiger partial charge on any atom is -0.342 e. The number of nitrogens with two attached hydrogens (primary N) is 1. The summed E-state index contributed by atoms with van der Waals surface area (Å²) in [5, 5.41) is 5.82. The first-order valence-electron chi connectivity index (χ1n) is 9.16. The molecule has 2 rings (SSSR count). The number of nitrogens with zero attached hydrogens (tertiary/aromatic N) is 1. The van der Waals surface area contributed by atoms with Gasteiger partial charge in [-0.15, -0.1) is 12.4 Å². The summed E-state index contributed by atoms with van der Waals surface area (Å²) in [6.45, 7) is 5.76. The van der Waals surface area contributed by atoms with Crippen molar-refractivity contribution in [1.29, 1.82) is 0 Å². The highest BCUT2D eigenvalue weighted by atomic mass is 35.5. The van der Waals surface area contributed by atoms with Crippen LogP contribution in [0, 0.1) is 5.41 Å². The Bertz CT molecular complexity index is 562. The molecular weight excluding hydrogens is 352 g/mol. The van der Waals surface area contributed by atoms with Gasteiger partial charge in [0.2, 0.25) is 5.91 Å². The minimum atomic E-state index is -0.440. The molecule has 6 nitrogen and oxygen atoms in total. The first-order chi connectivity index (χ1) is 12.0. The van der Waals surface area contributed by atoms with Crippen LogP contribution < -0.4 is 16.4 Å². The Kier molecular flexibility index (Phi) is 8.88. The molecule has 1 aromatic rings. The molecule has 7 heteroatoms. The molecule has 0 spiro atoms. The van der Waals surface area contributed by atoms with Crippen molar-refractivity contribution in [2.75, 3.05) is 25.0 Å².